The van der Waals surface area contributed by atoms with Crippen molar-refractivity contribution < 1.29 is 28.5 Å². The number of piperidine rings is 1. The first-order valence-corrected chi connectivity index (χ1v) is 11.6. The first-order chi connectivity index (χ1) is 14.2. The van der Waals surface area contributed by atoms with Gasteiger partial charge in [-0.3, -0.25) is 4.79 Å². The van der Waals surface area contributed by atoms with Gasteiger partial charge in [-0.25, -0.2) is 9.69 Å². The van der Waals surface area contributed by atoms with Crippen LogP contribution in [0.5, 0.6) is 0 Å². The van der Waals surface area contributed by atoms with E-state index in [0.717, 1.165) is 38.5 Å². The third-order valence-electron chi connectivity index (χ3n) is 4.88. The Morgan fingerprint density at radius 3 is 2.10 bits per heavy atom. The molecule has 0 aromatic carbocycles. The molecule has 0 spiro atoms. The molecular weight excluding hydrogens is 386 g/mol. The molecule has 7 heteroatoms. The number of hydrogen-bond donors (Lipinski definition) is 0. The average Bonchev–Trinajstić information content (AvgIpc) is 2.65. The van der Waals surface area contributed by atoms with Gasteiger partial charge in [0.2, 0.25) is 5.91 Å². The zero-order chi connectivity index (χ0) is 22.6. The van der Waals surface area contributed by atoms with E-state index in [0.29, 0.717) is 19.8 Å². The molecule has 1 rings (SSSR count). The standard InChI is InChI=1S/C23H43NO6/c1-7-10-13-27-17-18-21(29-15-12-9-3)19(28-14-11-8-2)16-20(25)24(18)22(26)30-23(4,5)6/h18-19,21H,7-17H2,1-6H3/t18?,19-,21-/m1/s1. The lowest BCUT2D eigenvalue weighted by atomic mass is 9.95. The summed E-state index contributed by atoms with van der Waals surface area (Å²) in [6, 6.07) is -0.568. The monoisotopic (exact) mass is 429 g/mol. The van der Waals surface area contributed by atoms with Crippen LogP contribution in [0, 0.1) is 0 Å². The lowest BCUT2D eigenvalue weighted by Crippen LogP contribution is -2.63. The van der Waals surface area contributed by atoms with Gasteiger partial charge in [0, 0.05) is 19.8 Å². The highest BCUT2D eigenvalue weighted by molar-refractivity contribution is 5.93. The number of carbonyl (C=O) groups excluding carboxylic acids is 2. The molecular formula is C23H43NO6. The van der Waals surface area contributed by atoms with Gasteiger partial charge in [0.05, 0.1) is 25.2 Å². The molecule has 1 saturated heterocycles. The molecule has 0 N–H and O–H groups in total. The van der Waals surface area contributed by atoms with Crippen LogP contribution in [0.3, 0.4) is 0 Å². The molecule has 0 aliphatic carbocycles. The Bertz CT molecular complexity index is 504. The molecule has 7 nitrogen and oxygen atoms in total. The zero-order valence-corrected chi connectivity index (χ0v) is 19.9. The number of imide groups is 1. The molecule has 30 heavy (non-hydrogen) atoms. The summed E-state index contributed by atoms with van der Waals surface area (Å²) >= 11 is 0. The van der Waals surface area contributed by atoms with Crippen LogP contribution >= 0.6 is 0 Å². The van der Waals surface area contributed by atoms with Crippen molar-refractivity contribution in [1.29, 1.82) is 0 Å². The lowest BCUT2D eigenvalue weighted by molar-refractivity contribution is -0.170. The number of ether oxygens (including phenoxy) is 4. The van der Waals surface area contributed by atoms with E-state index in [2.05, 4.69) is 20.8 Å². The van der Waals surface area contributed by atoms with Gasteiger partial charge in [0.1, 0.15) is 11.7 Å². The number of hydrogen-bond acceptors (Lipinski definition) is 6. The summed E-state index contributed by atoms with van der Waals surface area (Å²) in [6.07, 6.45) is 4.40. The maximum Gasteiger partial charge on any atom is 0.417 e. The number of amides is 2. The molecule has 176 valence electrons. The molecule has 0 bridgehead atoms. The van der Waals surface area contributed by atoms with Crippen molar-refractivity contribution in [3.8, 4) is 0 Å². The SMILES string of the molecule is CCCCOCC1[C@@H](OCCCC)[C@H](OCCCC)CC(=O)N1C(=O)OC(C)(C)C. The number of likely N-dealkylation sites (tertiary alicyclic amines) is 1. The number of rotatable bonds is 13. The summed E-state index contributed by atoms with van der Waals surface area (Å²) in [7, 11) is 0. The van der Waals surface area contributed by atoms with Crippen molar-refractivity contribution in [3.63, 3.8) is 0 Å². The Balaban J connectivity index is 3.07. The van der Waals surface area contributed by atoms with Gasteiger partial charge in [-0.1, -0.05) is 40.0 Å². The molecule has 1 heterocycles. The fraction of sp³-hybridized carbons (Fsp3) is 0.913. The fourth-order valence-corrected chi connectivity index (χ4v) is 3.25. The van der Waals surface area contributed by atoms with Gasteiger partial charge in [0.15, 0.2) is 0 Å². The maximum atomic E-state index is 13.0. The van der Waals surface area contributed by atoms with Gasteiger partial charge < -0.3 is 18.9 Å². The van der Waals surface area contributed by atoms with Crippen LogP contribution in [0.4, 0.5) is 4.79 Å². The van der Waals surface area contributed by atoms with Crippen molar-refractivity contribution in [3.05, 3.63) is 0 Å². The van der Waals surface area contributed by atoms with Crippen LogP contribution in [-0.4, -0.2) is 67.2 Å². The molecule has 1 fully saturated rings. The topological polar surface area (TPSA) is 74.3 Å². The van der Waals surface area contributed by atoms with Crippen LogP contribution in [0.15, 0.2) is 0 Å². The summed E-state index contributed by atoms with van der Waals surface area (Å²) in [4.78, 5) is 27.1. The summed E-state index contributed by atoms with van der Waals surface area (Å²) in [5, 5.41) is 0. The molecule has 0 aromatic rings. The van der Waals surface area contributed by atoms with E-state index < -0.39 is 23.8 Å². The Labute approximate surface area is 182 Å². The molecule has 0 aromatic heterocycles. The van der Waals surface area contributed by atoms with E-state index in [-0.39, 0.29) is 25.0 Å². The highest BCUT2D eigenvalue weighted by Crippen LogP contribution is 2.27. The number of carbonyl (C=O) groups is 2. The van der Waals surface area contributed by atoms with Crippen molar-refractivity contribution in [2.24, 2.45) is 0 Å². The van der Waals surface area contributed by atoms with Crippen molar-refractivity contribution in [2.45, 2.75) is 110 Å². The Kier molecular flexibility index (Phi) is 12.5. The van der Waals surface area contributed by atoms with E-state index in [4.69, 9.17) is 18.9 Å². The molecule has 3 atom stereocenters. The second kappa shape index (κ2) is 14.0. The minimum absolute atomic E-state index is 0.102. The van der Waals surface area contributed by atoms with E-state index in [1.807, 2.05) is 0 Å². The predicted molar refractivity (Wildman–Crippen MR) is 117 cm³/mol. The van der Waals surface area contributed by atoms with E-state index >= 15 is 0 Å². The Morgan fingerprint density at radius 1 is 0.967 bits per heavy atom. The van der Waals surface area contributed by atoms with Gasteiger partial charge in [0.25, 0.3) is 0 Å². The number of unbranched alkanes of at least 4 members (excludes halogenated alkanes) is 3. The van der Waals surface area contributed by atoms with Gasteiger partial charge >= 0.3 is 6.09 Å². The maximum absolute atomic E-state index is 13.0. The van der Waals surface area contributed by atoms with Gasteiger partial charge in [-0.05, 0) is 40.0 Å². The highest BCUT2D eigenvalue weighted by Gasteiger charge is 2.47. The van der Waals surface area contributed by atoms with Crippen LogP contribution in [-0.2, 0) is 23.7 Å². The molecule has 1 aliphatic heterocycles. The molecule has 0 saturated carbocycles. The highest BCUT2D eigenvalue weighted by atomic mass is 16.6. The molecule has 1 aliphatic rings. The average molecular weight is 430 g/mol. The molecule has 2 amide bonds. The van der Waals surface area contributed by atoms with Crippen LogP contribution in [0.25, 0.3) is 0 Å². The quantitative estimate of drug-likeness (QED) is 0.395. The zero-order valence-electron chi connectivity index (χ0n) is 19.9. The van der Waals surface area contributed by atoms with E-state index in [1.54, 1.807) is 20.8 Å². The van der Waals surface area contributed by atoms with Crippen LogP contribution in [0.1, 0.15) is 86.5 Å². The van der Waals surface area contributed by atoms with Gasteiger partial charge in [-0.15, -0.1) is 0 Å². The number of nitrogens with zero attached hydrogens (tertiary/aromatic N) is 1. The van der Waals surface area contributed by atoms with Crippen LogP contribution in [0.2, 0.25) is 0 Å². The predicted octanol–water partition coefficient (Wildman–Crippen LogP) is 4.71. The third-order valence-corrected chi connectivity index (χ3v) is 4.88. The second-order valence-electron chi connectivity index (χ2n) is 8.90. The summed E-state index contributed by atoms with van der Waals surface area (Å²) < 4.78 is 23.6. The first kappa shape index (κ1) is 26.9. The van der Waals surface area contributed by atoms with Crippen molar-refractivity contribution >= 4 is 12.0 Å². The van der Waals surface area contributed by atoms with Crippen molar-refractivity contribution in [2.75, 3.05) is 26.4 Å². The van der Waals surface area contributed by atoms with Crippen molar-refractivity contribution in [1.82, 2.24) is 4.90 Å². The Hall–Kier alpha value is -1.18. The lowest BCUT2D eigenvalue weighted by Gasteiger charge is -2.43. The van der Waals surface area contributed by atoms with E-state index in [9.17, 15) is 9.59 Å². The first-order valence-electron chi connectivity index (χ1n) is 11.6. The summed E-state index contributed by atoms with van der Waals surface area (Å²) in [5.74, 6) is -0.301. The smallest absolute Gasteiger partial charge is 0.417 e. The second-order valence-corrected chi connectivity index (χ2v) is 8.90. The van der Waals surface area contributed by atoms with Crippen LogP contribution < -0.4 is 0 Å². The third kappa shape index (κ3) is 9.31. The van der Waals surface area contributed by atoms with Gasteiger partial charge in [-0.2, -0.15) is 0 Å². The minimum Gasteiger partial charge on any atom is -0.443 e. The molecule has 0 radical (unpaired) electrons. The summed E-state index contributed by atoms with van der Waals surface area (Å²) in [5.41, 5.74) is -0.696. The van der Waals surface area contributed by atoms with E-state index in [1.165, 1.54) is 4.90 Å². The summed E-state index contributed by atoms with van der Waals surface area (Å²) in [6.45, 7) is 13.6. The normalized spacial score (nSPS) is 22.4. The minimum atomic E-state index is -0.696. The Morgan fingerprint density at radius 2 is 1.53 bits per heavy atom. The molecule has 1 unspecified atom stereocenters. The largest absolute Gasteiger partial charge is 0.443 e. The fourth-order valence-electron chi connectivity index (χ4n) is 3.25.